The van der Waals surface area contributed by atoms with E-state index in [0.29, 0.717) is 6.54 Å². The molecule has 0 aliphatic heterocycles. The molecule has 0 saturated carbocycles. The van der Waals surface area contributed by atoms with Gasteiger partial charge in [-0.1, -0.05) is 18.2 Å². The second-order valence-electron chi connectivity index (χ2n) is 5.01. The van der Waals surface area contributed by atoms with Gasteiger partial charge in [0.05, 0.1) is 13.7 Å². The molecular weight excluding hydrogens is 262 g/mol. The molecule has 0 radical (unpaired) electrons. The summed E-state index contributed by atoms with van der Waals surface area (Å²) in [5.74, 6) is 0.899. The monoisotopic (exact) mass is 281 g/mol. The molecule has 0 aliphatic carbocycles. The highest BCUT2D eigenvalue weighted by Crippen LogP contribution is 2.24. The Kier molecular flexibility index (Phi) is 3.88. The van der Waals surface area contributed by atoms with Gasteiger partial charge in [0.15, 0.2) is 0 Å². The van der Waals surface area contributed by atoms with Gasteiger partial charge in [-0.3, -0.25) is 0 Å². The zero-order valence-corrected chi connectivity index (χ0v) is 12.1. The fourth-order valence-corrected chi connectivity index (χ4v) is 2.69. The first-order valence-electron chi connectivity index (χ1n) is 7.08. The third-order valence-corrected chi connectivity index (χ3v) is 3.66. The van der Waals surface area contributed by atoms with E-state index in [1.807, 2.05) is 30.5 Å². The van der Waals surface area contributed by atoms with Gasteiger partial charge < -0.3 is 15.0 Å². The molecule has 3 aromatic rings. The molecule has 0 bridgehead atoms. The number of hydrogen-bond donors (Lipinski definition) is 1. The topological polar surface area (TPSA) is 53.1 Å². The van der Waals surface area contributed by atoms with E-state index in [2.05, 4.69) is 27.9 Å². The van der Waals surface area contributed by atoms with Crippen LogP contribution in [0.3, 0.4) is 0 Å². The van der Waals surface area contributed by atoms with Gasteiger partial charge in [-0.05, 0) is 36.7 Å². The minimum atomic E-state index is 0.642. The molecule has 0 fully saturated rings. The second kappa shape index (κ2) is 5.97. The van der Waals surface area contributed by atoms with Gasteiger partial charge in [-0.15, -0.1) is 0 Å². The number of aromatic nitrogens is 2. The van der Waals surface area contributed by atoms with Crippen molar-refractivity contribution in [3.05, 3.63) is 59.9 Å². The number of nitrogens with two attached hydrogens (primary N) is 1. The van der Waals surface area contributed by atoms with Gasteiger partial charge in [0.25, 0.3) is 0 Å². The van der Waals surface area contributed by atoms with Crippen LogP contribution in [0.1, 0.15) is 11.1 Å². The summed E-state index contributed by atoms with van der Waals surface area (Å²) in [6.07, 6.45) is 4.84. The van der Waals surface area contributed by atoms with Crippen molar-refractivity contribution in [3.63, 3.8) is 0 Å². The van der Waals surface area contributed by atoms with Crippen LogP contribution in [-0.4, -0.2) is 23.2 Å². The summed E-state index contributed by atoms with van der Waals surface area (Å²) in [5, 5.41) is 1.18. The summed E-state index contributed by atoms with van der Waals surface area (Å²) < 4.78 is 7.60. The molecule has 0 unspecified atom stereocenters. The predicted octanol–water partition coefficient (Wildman–Crippen LogP) is 2.59. The highest BCUT2D eigenvalue weighted by atomic mass is 16.5. The van der Waals surface area contributed by atoms with Crippen molar-refractivity contribution in [3.8, 4) is 5.75 Å². The number of ether oxygens (including phenoxy) is 1. The molecule has 4 heteroatoms. The number of hydrogen-bond acceptors (Lipinski definition) is 3. The van der Waals surface area contributed by atoms with E-state index in [-0.39, 0.29) is 0 Å². The first-order valence-corrected chi connectivity index (χ1v) is 7.08. The van der Waals surface area contributed by atoms with E-state index in [1.165, 1.54) is 10.9 Å². The van der Waals surface area contributed by atoms with Gasteiger partial charge in [0, 0.05) is 23.3 Å². The molecule has 3 rings (SSSR count). The number of pyridine rings is 1. The number of methoxy groups -OCH3 is 1. The van der Waals surface area contributed by atoms with E-state index < -0.39 is 0 Å². The van der Waals surface area contributed by atoms with E-state index in [1.54, 1.807) is 7.11 Å². The third kappa shape index (κ3) is 2.62. The lowest BCUT2D eigenvalue weighted by atomic mass is 10.2. The Morgan fingerprint density at radius 3 is 2.81 bits per heavy atom. The van der Waals surface area contributed by atoms with Crippen LogP contribution in [-0.2, 0) is 13.0 Å². The fraction of sp³-hybridized carbons (Fsp3) is 0.235. The van der Waals surface area contributed by atoms with Gasteiger partial charge in [0.1, 0.15) is 11.4 Å². The maximum atomic E-state index is 5.71. The molecule has 2 aromatic heterocycles. The van der Waals surface area contributed by atoms with Crippen molar-refractivity contribution in [2.75, 3.05) is 13.7 Å². The second-order valence-corrected chi connectivity index (χ2v) is 5.01. The highest BCUT2D eigenvalue weighted by molar-refractivity contribution is 5.80. The van der Waals surface area contributed by atoms with Crippen LogP contribution < -0.4 is 10.5 Å². The predicted molar refractivity (Wildman–Crippen MR) is 84.6 cm³/mol. The summed E-state index contributed by atoms with van der Waals surface area (Å²) in [5.41, 5.74) is 9.09. The lowest BCUT2D eigenvalue weighted by Gasteiger charge is -2.09. The van der Waals surface area contributed by atoms with Crippen molar-refractivity contribution in [1.29, 1.82) is 0 Å². The van der Waals surface area contributed by atoms with Gasteiger partial charge >= 0.3 is 0 Å². The van der Waals surface area contributed by atoms with Crippen molar-refractivity contribution >= 4 is 11.0 Å². The first kappa shape index (κ1) is 13.6. The Morgan fingerprint density at radius 1 is 1.14 bits per heavy atom. The minimum absolute atomic E-state index is 0.642. The summed E-state index contributed by atoms with van der Waals surface area (Å²) in [6, 6.07) is 12.1. The number of nitrogens with zero attached hydrogens (tertiary/aromatic N) is 2. The molecule has 1 aromatic carbocycles. The summed E-state index contributed by atoms with van der Waals surface area (Å²) in [6.45, 7) is 1.38. The zero-order chi connectivity index (χ0) is 14.7. The zero-order valence-electron chi connectivity index (χ0n) is 12.1. The number of rotatable bonds is 5. The molecule has 4 nitrogen and oxygen atoms in total. The number of benzene rings is 1. The first-order chi connectivity index (χ1) is 10.3. The molecule has 0 saturated heterocycles. The Balaban J connectivity index is 2.04. The maximum Gasteiger partial charge on any atom is 0.140 e. The van der Waals surface area contributed by atoms with Crippen LogP contribution in [0.15, 0.2) is 48.8 Å². The van der Waals surface area contributed by atoms with Crippen molar-refractivity contribution in [2.24, 2.45) is 5.73 Å². The van der Waals surface area contributed by atoms with E-state index in [9.17, 15) is 0 Å². The van der Waals surface area contributed by atoms with Crippen LogP contribution in [0.2, 0.25) is 0 Å². The molecule has 0 amide bonds. The third-order valence-electron chi connectivity index (χ3n) is 3.66. The molecule has 2 heterocycles. The number of para-hydroxylation sites is 1. The smallest absolute Gasteiger partial charge is 0.140 e. The van der Waals surface area contributed by atoms with E-state index in [4.69, 9.17) is 10.5 Å². The van der Waals surface area contributed by atoms with Crippen LogP contribution in [0, 0.1) is 0 Å². The van der Waals surface area contributed by atoms with Gasteiger partial charge in [-0.2, -0.15) is 0 Å². The average Bonchev–Trinajstić information content (AvgIpc) is 2.87. The van der Waals surface area contributed by atoms with Crippen LogP contribution >= 0.6 is 0 Å². The largest absolute Gasteiger partial charge is 0.496 e. The van der Waals surface area contributed by atoms with Crippen molar-refractivity contribution in [1.82, 2.24) is 9.55 Å². The van der Waals surface area contributed by atoms with Crippen LogP contribution in [0.4, 0.5) is 0 Å². The lowest BCUT2D eigenvalue weighted by molar-refractivity contribution is 0.408. The molecular formula is C17H19N3O. The summed E-state index contributed by atoms with van der Waals surface area (Å²) in [7, 11) is 1.70. The van der Waals surface area contributed by atoms with Crippen molar-refractivity contribution in [2.45, 2.75) is 13.0 Å². The van der Waals surface area contributed by atoms with E-state index >= 15 is 0 Å². The molecule has 0 spiro atoms. The lowest BCUT2D eigenvalue weighted by Crippen LogP contribution is -2.03. The SMILES string of the molecule is COc1ccccc1Cn1cc(CCN)c2cccnc21. The number of fused-ring (bicyclic) bond motifs is 1. The molecule has 21 heavy (non-hydrogen) atoms. The Hall–Kier alpha value is -2.33. The normalized spacial score (nSPS) is 11.0. The maximum absolute atomic E-state index is 5.71. The van der Waals surface area contributed by atoms with E-state index in [0.717, 1.165) is 29.9 Å². The Labute approximate surface area is 124 Å². The minimum Gasteiger partial charge on any atom is -0.496 e. The average molecular weight is 281 g/mol. The summed E-state index contributed by atoms with van der Waals surface area (Å²) >= 11 is 0. The van der Waals surface area contributed by atoms with Crippen molar-refractivity contribution < 1.29 is 4.74 Å². The Morgan fingerprint density at radius 2 is 2.00 bits per heavy atom. The molecule has 0 aliphatic rings. The fourth-order valence-electron chi connectivity index (χ4n) is 2.69. The molecule has 0 atom stereocenters. The van der Waals surface area contributed by atoms with Crippen LogP contribution in [0.5, 0.6) is 5.75 Å². The van der Waals surface area contributed by atoms with Gasteiger partial charge in [0.2, 0.25) is 0 Å². The Bertz CT molecular complexity index is 749. The van der Waals surface area contributed by atoms with Gasteiger partial charge in [-0.25, -0.2) is 4.98 Å². The quantitative estimate of drug-likeness (QED) is 0.782. The summed E-state index contributed by atoms with van der Waals surface area (Å²) in [4.78, 5) is 4.52. The molecule has 108 valence electrons. The van der Waals surface area contributed by atoms with Crippen LogP contribution in [0.25, 0.3) is 11.0 Å². The highest BCUT2D eigenvalue weighted by Gasteiger charge is 2.10. The molecule has 2 N–H and O–H groups in total. The standard InChI is InChI=1S/C17H19N3O/c1-21-16-7-3-2-5-14(16)12-20-11-13(8-9-18)15-6-4-10-19-17(15)20/h2-7,10-11H,8-9,12,18H2,1H3.